The smallest absolute Gasteiger partial charge is 0.340 e. The van der Waals surface area contributed by atoms with Gasteiger partial charge in [-0.2, -0.15) is 4.37 Å². The van der Waals surface area contributed by atoms with Gasteiger partial charge in [0.05, 0.1) is 12.1 Å². The number of carbonyl (C=O) groups is 2. The van der Waals surface area contributed by atoms with Crippen LogP contribution in [0.1, 0.15) is 21.6 Å². The molecule has 1 aromatic carbocycles. The van der Waals surface area contributed by atoms with E-state index in [0.717, 1.165) is 11.5 Å². The van der Waals surface area contributed by atoms with Crippen LogP contribution in [0, 0.1) is 12.7 Å². The van der Waals surface area contributed by atoms with Gasteiger partial charge in [0.25, 0.3) is 0 Å². The lowest BCUT2D eigenvalue weighted by Gasteiger charge is -2.06. The molecule has 1 aromatic heterocycles. The standard InChI is InChI=1S/C13H10ClFN2O3S/c1-6-11(13(19)20)12(21-17-6)16-10(18)5-7-8(14)3-2-4-9(7)15/h2-4H,5H2,1H3,(H,16,18)(H,19,20). The summed E-state index contributed by atoms with van der Waals surface area (Å²) >= 11 is 6.70. The highest BCUT2D eigenvalue weighted by atomic mass is 35.5. The third-order valence-electron chi connectivity index (χ3n) is 2.73. The lowest BCUT2D eigenvalue weighted by atomic mass is 10.1. The molecule has 0 aliphatic rings. The van der Waals surface area contributed by atoms with Gasteiger partial charge in [-0.1, -0.05) is 17.7 Å². The maximum Gasteiger partial charge on any atom is 0.340 e. The van der Waals surface area contributed by atoms with E-state index in [-0.39, 0.29) is 27.6 Å². The first-order valence-electron chi connectivity index (χ1n) is 5.82. The Labute approximate surface area is 128 Å². The van der Waals surface area contributed by atoms with Crippen molar-refractivity contribution in [3.05, 3.63) is 45.9 Å². The summed E-state index contributed by atoms with van der Waals surface area (Å²) in [4.78, 5) is 23.0. The number of aromatic nitrogens is 1. The topological polar surface area (TPSA) is 79.3 Å². The molecule has 8 heteroatoms. The van der Waals surface area contributed by atoms with Crippen molar-refractivity contribution in [2.24, 2.45) is 0 Å². The quantitative estimate of drug-likeness (QED) is 0.903. The summed E-state index contributed by atoms with van der Waals surface area (Å²) in [5.41, 5.74) is 0.314. The number of hydrogen-bond acceptors (Lipinski definition) is 4. The molecule has 0 spiro atoms. The van der Waals surface area contributed by atoms with E-state index in [1.165, 1.54) is 25.1 Å². The van der Waals surface area contributed by atoms with Crippen LogP contribution in [0.2, 0.25) is 5.02 Å². The van der Waals surface area contributed by atoms with E-state index in [9.17, 15) is 14.0 Å². The van der Waals surface area contributed by atoms with Crippen molar-refractivity contribution in [1.29, 1.82) is 0 Å². The normalized spacial score (nSPS) is 10.4. The third-order valence-corrected chi connectivity index (χ3v) is 3.94. The van der Waals surface area contributed by atoms with Gasteiger partial charge in [0, 0.05) is 10.6 Å². The van der Waals surface area contributed by atoms with E-state index in [0.29, 0.717) is 5.69 Å². The molecule has 0 bridgehead atoms. The van der Waals surface area contributed by atoms with E-state index < -0.39 is 17.7 Å². The number of amides is 1. The molecule has 2 rings (SSSR count). The number of carbonyl (C=O) groups excluding carboxylic acids is 1. The van der Waals surface area contributed by atoms with Gasteiger partial charge in [0.2, 0.25) is 5.91 Å². The molecule has 1 amide bonds. The Morgan fingerprint density at radius 1 is 1.48 bits per heavy atom. The van der Waals surface area contributed by atoms with Gasteiger partial charge in [-0.25, -0.2) is 9.18 Å². The molecule has 2 aromatic rings. The van der Waals surface area contributed by atoms with Gasteiger partial charge in [0.15, 0.2) is 0 Å². The first-order valence-corrected chi connectivity index (χ1v) is 6.97. The molecule has 0 unspecified atom stereocenters. The van der Waals surface area contributed by atoms with E-state index in [1.807, 2.05) is 0 Å². The number of nitrogens with zero attached hydrogens (tertiary/aromatic N) is 1. The van der Waals surface area contributed by atoms with Crippen LogP contribution in [0.4, 0.5) is 9.39 Å². The Morgan fingerprint density at radius 2 is 2.19 bits per heavy atom. The van der Waals surface area contributed by atoms with Crippen LogP contribution in [-0.4, -0.2) is 21.4 Å². The highest BCUT2D eigenvalue weighted by Gasteiger charge is 2.20. The molecule has 0 radical (unpaired) electrons. The maximum atomic E-state index is 13.6. The number of aromatic carboxylic acids is 1. The molecule has 0 aliphatic heterocycles. The van der Waals surface area contributed by atoms with Crippen LogP contribution in [0.3, 0.4) is 0 Å². The van der Waals surface area contributed by atoms with E-state index in [1.54, 1.807) is 0 Å². The molecular weight excluding hydrogens is 319 g/mol. The number of carboxylic acids is 1. The minimum atomic E-state index is -1.18. The fourth-order valence-corrected chi connectivity index (χ4v) is 2.77. The summed E-state index contributed by atoms with van der Waals surface area (Å²) in [6, 6.07) is 4.12. The van der Waals surface area contributed by atoms with Crippen molar-refractivity contribution >= 4 is 40.0 Å². The number of anilines is 1. The number of halogens is 2. The van der Waals surface area contributed by atoms with Crippen LogP contribution in [0.15, 0.2) is 18.2 Å². The Bertz CT molecular complexity index is 697. The second-order valence-corrected chi connectivity index (χ2v) is 5.38. The summed E-state index contributed by atoms with van der Waals surface area (Å²) in [5.74, 6) is -2.33. The van der Waals surface area contributed by atoms with Crippen molar-refractivity contribution in [2.75, 3.05) is 5.32 Å². The summed E-state index contributed by atoms with van der Waals surface area (Å²) in [6.07, 6.45) is -0.290. The highest BCUT2D eigenvalue weighted by molar-refractivity contribution is 7.11. The average molecular weight is 329 g/mol. The molecule has 1 heterocycles. The maximum absolute atomic E-state index is 13.6. The number of aryl methyl sites for hydroxylation is 1. The average Bonchev–Trinajstić information content (AvgIpc) is 2.75. The fourth-order valence-electron chi connectivity index (χ4n) is 1.74. The minimum absolute atomic E-state index is 0.0621. The Balaban J connectivity index is 2.18. The monoisotopic (exact) mass is 328 g/mol. The van der Waals surface area contributed by atoms with Gasteiger partial charge < -0.3 is 10.4 Å². The van der Waals surface area contributed by atoms with Crippen LogP contribution in [0.5, 0.6) is 0 Å². The molecule has 0 atom stereocenters. The van der Waals surface area contributed by atoms with Gasteiger partial charge in [-0.3, -0.25) is 4.79 Å². The summed E-state index contributed by atoms with van der Waals surface area (Å²) in [5, 5.41) is 11.8. The predicted octanol–water partition coefficient (Wildman–Crippen LogP) is 3.12. The predicted molar refractivity (Wildman–Crippen MR) is 77.6 cm³/mol. The zero-order valence-corrected chi connectivity index (χ0v) is 12.4. The lowest BCUT2D eigenvalue weighted by molar-refractivity contribution is -0.115. The second-order valence-electron chi connectivity index (χ2n) is 4.20. The molecule has 21 heavy (non-hydrogen) atoms. The van der Waals surface area contributed by atoms with Crippen LogP contribution in [0.25, 0.3) is 0 Å². The van der Waals surface area contributed by atoms with E-state index in [4.69, 9.17) is 16.7 Å². The number of benzene rings is 1. The number of carboxylic acid groups (broad SMARTS) is 1. The number of rotatable bonds is 4. The molecule has 110 valence electrons. The fraction of sp³-hybridized carbons (Fsp3) is 0.154. The zero-order valence-electron chi connectivity index (χ0n) is 10.8. The molecule has 0 fully saturated rings. The van der Waals surface area contributed by atoms with Crippen LogP contribution in [-0.2, 0) is 11.2 Å². The van der Waals surface area contributed by atoms with Gasteiger partial charge in [0.1, 0.15) is 16.4 Å². The summed E-state index contributed by atoms with van der Waals surface area (Å²) < 4.78 is 17.5. The van der Waals surface area contributed by atoms with Crippen molar-refractivity contribution in [2.45, 2.75) is 13.3 Å². The zero-order chi connectivity index (χ0) is 15.6. The second kappa shape index (κ2) is 6.19. The number of nitrogens with one attached hydrogen (secondary N) is 1. The molecule has 0 aliphatic carbocycles. The van der Waals surface area contributed by atoms with Gasteiger partial charge in [-0.05, 0) is 30.6 Å². The molecule has 0 saturated carbocycles. The van der Waals surface area contributed by atoms with Crippen molar-refractivity contribution in [3.63, 3.8) is 0 Å². The lowest BCUT2D eigenvalue weighted by Crippen LogP contribution is -2.16. The largest absolute Gasteiger partial charge is 0.478 e. The van der Waals surface area contributed by atoms with Gasteiger partial charge in [-0.15, -0.1) is 0 Å². The van der Waals surface area contributed by atoms with Crippen LogP contribution >= 0.6 is 23.1 Å². The Hall–Kier alpha value is -1.99. The number of hydrogen-bond donors (Lipinski definition) is 2. The molecule has 2 N–H and O–H groups in total. The van der Waals surface area contributed by atoms with E-state index >= 15 is 0 Å². The SMILES string of the molecule is Cc1nsc(NC(=O)Cc2c(F)cccc2Cl)c1C(=O)O. The van der Waals surface area contributed by atoms with Crippen LogP contribution < -0.4 is 5.32 Å². The first kappa shape index (κ1) is 15.4. The first-order chi connectivity index (χ1) is 9.90. The Kier molecular flexibility index (Phi) is 4.54. The molecule has 5 nitrogen and oxygen atoms in total. The van der Waals surface area contributed by atoms with Crippen molar-refractivity contribution < 1.29 is 19.1 Å². The van der Waals surface area contributed by atoms with E-state index in [2.05, 4.69) is 9.69 Å². The summed E-state index contributed by atoms with van der Waals surface area (Å²) in [7, 11) is 0. The van der Waals surface area contributed by atoms with Gasteiger partial charge >= 0.3 is 5.97 Å². The molecular formula is C13H10ClFN2O3S. The van der Waals surface area contributed by atoms with Crippen molar-refractivity contribution in [3.8, 4) is 0 Å². The molecule has 0 saturated heterocycles. The Morgan fingerprint density at radius 3 is 2.81 bits per heavy atom. The summed E-state index contributed by atoms with van der Waals surface area (Å²) in [6.45, 7) is 1.53. The van der Waals surface area contributed by atoms with Crippen molar-refractivity contribution in [1.82, 2.24) is 4.37 Å². The minimum Gasteiger partial charge on any atom is -0.478 e. The highest BCUT2D eigenvalue weighted by Crippen LogP contribution is 2.25. The third kappa shape index (κ3) is 3.37.